The van der Waals surface area contributed by atoms with Gasteiger partial charge in [0.25, 0.3) is 5.69 Å². The monoisotopic (exact) mass is 256 g/mol. The first-order chi connectivity index (χ1) is 8.15. The second-order valence-corrected chi connectivity index (χ2v) is 3.43. The first-order valence-corrected chi connectivity index (χ1v) is 5.10. The van der Waals surface area contributed by atoms with Crippen molar-refractivity contribution < 1.29 is 9.66 Å². The number of nitro groups is 1. The summed E-state index contributed by atoms with van der Waals surface area (Å²) in [5, 5.41) is 13.9. The van der Waals surface area contributed by atoms with Crippen LogP contribution in [-0.4, -0.2) is 18.1 Å². The highest BCUT2D eigenvalue weighted by Crippen LogP contribution is 2.28. The molecule has 0 saturated heterocycles. The summed E-state index contributed by atoms with van der Waals surface area (Å²) >= 11 is 5.70. The molecule has 90 valence electrons. The Kier molecular flexibility index (Phi) is 5.06. The molecule has 0 N–H and O–H groups in total. The smallest absolute Gasteiger partial charge is 0.288 e. The Morgan fingerprint density at radius 2 is 2.35 bits per heavy atom. The van der Waals surface area contributed by atoms with Gasteiger partial charge in [-0.05, 0) is 18.0 Å². The molecular weight excluding hydrogens is 248 g/mol. The number of nitro benzene ring substituents is 1. The fourth-order valence-corrected chi connectivity index (χ4v) is 1.34. The zero-order valence-corrected chi connectivity index (χ0v) is 9.50. The molecule has 0 aromatic heterocycles. The van der Waals surface area contributed by atoms with Crippen molar-refractivity contribution in [1.82, 2.24) is 0 Å². The minimum atomic E-state index is -0.562. The fraction of sp³-hybridized carbons (Fsp3) is 0.333. The lowest BCUT2D eigenvalue weighted by molar-refractivity contribution is -0.384. The summed E-state index contributed by atoms with van der Waals surface area (Å²) in [7, 11) is 0. The van der Waals surface area contributed by atoms with Gasteiger partial charge in [0.15, 0.2) is 0 Å². The second kappa shape index (κ2) is 6.57. The quantitative estimate of drug-likeness (QED) is 0.195. The van der Waals surface area contributed by atoms with Crippen LogP contribution in [0.1, 0.15) is 6.42 Å². The molecule has 7 nitrogen and oxygen atoms in total. The molecule has 0 amide bonds. The van der Waals surface area contributed by atoms with E-state index in [9.17, 15) is 10.1 Å². The molecule has 17 heavy (non-hydrogen) atoms. The van der Waals surface area contributed by atoms with E-state index in [0.29, 0.717) is 25.3 Å². The Balaban J connectivity index is 2.53. The molecule has 0 heterocycles. The Morgan fingerprint density at radius 3 is 2.94 bits per heavy atom. The number of ether oxygens (including phenoxy) is 1. The largest absolute Gasteiger partial charge is 0.494 e. The standard InChI is InChI=1S/C9H9ClN4O3/c10-8-6-7(2-3-9(8)14(15)16)17-5-1-4-12-13-11/h2-3,6H,1,4-5H2. The van der Waals surface area contributed by atoms with Gasteiger partial charge in [0.1, 0.15) is 10.8 Å². The van der Waals surface area contributed by atoms with Gasteiger partial charge in [-0.3, -0.25) is 10.1 Å². The maximum absolute atomic E-state index is 10.5. The second-order valence-electron chi connectivity index (χ2n) is 3.03. The van der Waals surface area contributed by atoms with Crippen LogP contribution >= 0.6 is 11.6 Å². The molecule has 0 atom stereocenters. The van der Waals surface area contributed by atoms with Gasteiger partial charge >= 0.3 is 0 Å². The van der Waals surface area contributed by atoms with E-state index in [4.69, 9.17) is 21.9 Å². The predicted molar refractivity (Wildman–Crippen MR) is 62.2 cm³/mol. The molecule has 0 radical (unpaired) electrons. The summed E-state index contributed by atoms with van der Waals surface area (Å²) in [5.74, 6) is 0.446. The van der Waals surface area contributed by atoms with Crippen molar-refractivity contribution in [3.8, 4) is 5.75 Å². The van der Waals surface area contributed by atoms with Crippen molar-refractivity contribution in [2.45, 2.75) is 6.42 Å². The summed E-state index contributed by atoms with van der Waals surface area (Å²) < 4.78 is 5.28. The van der Waals surface area contributed by atoms with Crippen molar-refractivity contribution in [2.24, 2.45) is 5.11 Å². The van der Waals surface area contributed by atoms with E-state index in [2.05, 4.69) is 10.0 Å². The van der Waals surface area contributed by atoms with Crippen molar-refractivity contribution in [3.05, 3.63) is 43.8 Å². The van der Waals surface area contributed by atoms with Gasteiger partial charge < -0.3 is 4.74 Å². The average Bonchev–Trinajstić information content (AvgIpc) is 2.28. The van der Waals surface area contributed by atoms with Crippen molar-refractivity contribution in [3.63, 3.8) is 0 Å². The minimum Gasteiger partial charge on any atom is -0.494 e. The maximum atomic E-state index is 10.5. The first-order valence-electron chi connectivity index (χ1n) is 4.72. The normalized spacial score (nSPS) is 9.47. The van der Waals surface area contributed by atoms with E-state index in [1.807, 2.05) is 0 Å². The zero-order valence-electron chi connectivity index (χ0n) is 8.74. The number of halogens is 1. The summed E-state index contributed by atoms with van der Waals surface area (Å²) in [6.07, 6.45) is 0.568. The lowest BCUT2D eigenvalue weighted by atomic mass is 10.3. The molecule has 0 aliphatic heterocycles. The Hall–Kier alpha value is -1.98. The first kappa shape index (κ1) is 13.1. The third kappa shape index (κ3) is 4.18. The van der Waals surface area contributed by atoms with E-state index in [1.54, 1.807) is 0 Å². The molecule has 0 fully saturated rings. The highest BCUT2D eigenvalue weighted by molar-refractivity contribution is 6.32. The summed E-state index contributed by atoms with van der Waals surface area (Å²) in [4.78, 5) is 12.5. The van der Waals surface area contributed by atoms with Crippen LogP contribution in [0.15, 0.2) is 23.3 Å². The van der Waals surface area contributed by atoms with Crippen molar-refractivity contribution in [2.75, 3.05) is 13.2 Å². The molecule has 0 unspecified atom stereocenters. The molecule has 0 aliphatic rings. The maximum Gasteiger partial charge on any atom is 0.288 e. The third-order valence-electron chi connectivity index (χ3n) is 1.85. The molecule has 1 aromatic carbocycles. The van der Waals surface area contributed by atoms with Crippen LogP contribution in [0.3, 0.4) is 0 Å². The highest BCUT2D eigenvalue weighted by atomic mass is 35.5. The molecule has 8 heteroatoms. The van der Waals surface area contributed by atoms with Crippen molar-refractivity contribution in [1.29, 1.82) is 0 Å². The topological polar surface area (TPSA) is 101 Å². The summed E-state index contributed by atoms with van der Waals surface area (Å²) in [6, 6.07) is 4.13. The molecule has 0 bridgehead atoms. The van der Waals surface area contributed by atoms with Crippen LogP contribution in [0.2, 0.25) is 5.02 Å². The Bertz CT molecular complexity index is 460. The number of hydrogen-bond acceptors (Lipinski definition) is 4. The molecule has 0 spiro atoms. The summed E-state index contributed by atoms with van der Waals surface area (Å²) in [5.41, 5.74) is 7.88. The van der Waals surface area contributed by atoms with E-state index >= 15 is 0 Å². The van der Waals surface area contributed by atoms with E-state index in [1.165, 1.54) is 18.2 Å². The lowest BCUT2D eigenvalue weighted by Crippen LogP contribution is -1.99. The zero-order chi connectivity index (χ0) is 12.7. The SMILES string of the molecule is [N-]=[N+]=NCCCOc1ccc([N+](=O)[O-])c(Cl)c1. The van der Waals surface area contributed by atoms with Gasteiger partial charge in [-0.25, -0.2) is 0 Å². The Labute approximate surface area is 102 Å². The summed E-state index contributed by atoms with van der Waals surface area (Å²) in [6.45, 7) is 0.699. The van der Waals surface area contributed by atoms with Crippen LogP contribution in [0.25, 0.3) is 10.4 Å². The molecule has 1 rings (SSSR count). The molecule has 0 saturated carbocycles. The van der Waals surface area contributed by atoms with Gasteiger partial charge in [0.05, 0.1) is 11.5 Å². The molecule has 0 aliphatic carbocycles. The highest BCUT2D eigenvalue weighted by Gasteiger charge is 2.12. The van der Waals surface area contributed by atoms with E-state index < -0.39 is 4.92 Å². The van der Waals surface area contributed by atoms with Crippen molar-refractivity contribution >= 4 is 17.3 Å². The van der Waals surface area contributed by atoms with E-state index in [0.717, 1.165) is 0 Å². The number of nitrogens with zero attached hydrogens (tertiary/aromatic N) is 4. The fourth-order valence-electron chi connectivity index (χ4n) is 1.10. The molecular formula is C9H9ClN4O3. The number of benzene rings is 1. The van der Waals surface area contributed by atoms with E-state index in [-0.39, 0.29) is 10.7 Å². The average molecular weight is 257 g/mol. The Morgan fingerprint density at radius 1 is 1.59 bits per heavy atom. The number of azide groups is 1. The van der Waals surface area contributed by atoms with Gasteiger partial charge in [-0.2, -0.15) is 0 Å². The van der Waals surface area contributed by atoms with Crippen LogP contribution in [0.4, 0.5) is 5.69 Å². The minimum absolute atomic E-state index is 0.0301. The predicted octanol–water partition coefficient (Wildman–Crippen LogP) is 3.33. The van der Waals surface area contributed by atoms with Gasteiger partial charge in [0, 0.05) is 23.6 Å². The number of hydrogen-bond donors (Lipinski definition) is 0. The van der Waals surface area contributed by atoms with Crippen LogP contribution in [-0.2, 0) is 0 Å². The molecule has 1 aromatic rings. The van der Waals surface area contributed by atoms with Gasteiger partial charge in [-0.15, -0.1) is 0 Å². The lowest BCUT2D eigenvalue weighted by Gasteiger charge is -2.05. The van der Waals surface area contributed by atoms with Crippen LogP contribution in [0.5, 0.6) is 5.75 Å². The van der Waals surface area contributed by atoms with Gasteiger partial charge in [-0.1, -0.05) is 16.7 Å². The van der Waals surface area contributed by atoms with Crippen LogP contribution < -0.4 is 4.74 Å². The third-order valence-corrected chi connectivity index (χ3v) is 2.15. The van der Waals surface area contributed by atoms with Gasteiger partial charge in [0.2, 0.25) is 0 Å². The van der Waals surface area contributed by atoms with Crippen LogP contribution in [0, 0.1) is 10.1 Å². The number of rotatable bonds is 6.